The Hall–Kier alpha value is -0.0800. The molecule has 4 atom stereocenters. The molecule has 4 unspecified atom stereocenters. The fourth-order valence-corrected chi connectivity index (χ4v) is 4.37. The van der Waals surface area contributed by atoms with E-state index in [4.69, 9.17) is 0 Å². The molecule has 2 fully saturated rings. The first-order valence-electron chi connectivity index (χ1n) is 9.22. The summed E-state index contributed by atoms with van der Waals surface area (Å²) in [5.74, 6) is 1.87. The molecule has 20 heavy (non-hydrogen) atoms. The van der Waals surface area contributed by atoms with E-state index in [1.807, 2.05) is 0 Å². The Bertz CT molecular complexity index is 266. The van der Waals surface area contributed by atoms with E-state index in [0.29, 0.717) is 0 Å². The first-order valence-corrected chi connectivity index (χ1v) is 9.22. The van der Waals surface area contributed by atoms with Gasteiger partial charge in [0, 0.05) is 18.6 Å². The Balaban J connectivity index is 1.94. The summed E-state index contributed by atoms with van der Waals surface area (Å²) in [5, 5.41) is 3.77. The zero-order chi connectivity index (χ0) is 14.4. The summed E-state index contributed by atoms with van der Waals surface area (Å²) in [4.78, 5) is 2.81. The summed E-state index contributed by atoms with van der Waals surface area (Å²) in [6.45, 7) is 10.9. The van der Waals surface area contributed by atoms with Crippen molar-refractivity contribution in [3.05, 3.63) is 0 Å². The molecule has 2 rings (SSSR count). The van der Waals surface area contributed by atoms with Crippen LogP contribution >= 0.6 is 0 Å². The van der Waals surface area contributed by atoms with Crippen molar-refractivity contribution in [3.8, 4) is 0 Å². The van der Waals surface area contributed by atoms with Crippen LogP contribution in [-0.2, 0) is 0 Å². The maximum absolute atomic E-state index is 3.77. The van der Waals surface area contributed by atoms with Gasteiger partial charge < -0.3 is 10.2 Å². The van der Waals surface area contributed by atoms with Crippen molar-refractivity contribution in [1.29, 1.82) is 0 Å². The Labute approximate surface area is 126 Å². The summed E-state index contributed by atoms with van der Waals surface area (Å²) in [6, 6.07) is 1.58. The minimum absolute atomic E-state index is 0.776. The lowest BCUT2D eigenvalue weighted by Gasteiger charge is -2.40. The zero-order valence-corrected chi connectivity index (χ0v) is 14.0. The summed E-state index contributed by atoms with van der Waals surface area (Å²) >= 11 is 0. The quantitative estimate of drug-likeness (QED) is 0.817. The SMILES string of the molecule is CCNC1CCC(CC)CC1CN1CCCCCC1C. The van der Waals surface area contributed by atoms with Crippen molar-refractivity contribution in [3.63, 3.8) is 0 Å². The lowest BCUT2D eigenvalue weighted by atomic mass is 9.76. The fraction of sp³-hybridized carbons (Fsp3) is 1.00. The Morgan fingerprint density at radius 1 is 1.05 bits per heavy atom. The Morgan fingerprint density at radius 3 is 2.65 bits per heavy atom. The van der Waals surface area contributed by atoms with E-state index < -0.39 is 0 Å². The van der Waals surface area contributed by atoms with Crippen LogP contribution in [0, 0.1) is 11.8 Å². The Morgan fingerprint density at radius 2 is 1.90 bits per heavy atom. The molecule has 1 aliphatic heterocycles. The average Bonchev–Trinajstić information content (AvgIpc) is 2.66. The van der Waals surface area contributed by atoms with E-state index in [9.17, 15) is 0 Å². The highest BCUT2D eigenvalue weighted by atomic mass is 15.2. The summed E-state index contributed by atoms with van der Waals surface area (Å²) in [5.41, 5.74) is 0. The number of hydrogen-bond acceptors (Lipinski definition) is 2. The van der Waals surface area contributed by atoms with E-state index in [0.717, 1.165) is 30.5 Å². The maximum atomic E-state index is 3.77. The van der Waals surface area contributed by atoms with Crippen molar-refractivity contribution in [2.45, 2.75) is 84.2 Å². The monoisotopic (exact) mass is 280 g/mol. The van der Waals surface area contributed by atoms with Crippen LogP contribution in [0.4, 0.5) is 0 Å². The molecule has 0 spiro atoms. The molecule has 118 valence electrons. The van der Waals surface area contributed by atoms with Crippen molar-refractivity contribution < 1.29 is 0 Å². The first kappa shape index (κ1) is 16.3. The third-order valence-corrected chi connectivity index (χ3v) is 5.79. The summed E-state index contributed by atoms with van der Waals surface area (Å²) in [7, 11) is 0. The van der Waals surface area contributed by atoms with Crippen molar-refractivity contribution >= 4 is 0 Å². The van der Waals surface area contributed by atoms with Gasteiger partial charge in [0.15, 0.2) is 0 Å². The van der Waals surface area contributed by atoms with E-state index in [1.165, 1.54) is 64.5 Å². The molecule has 1 saturated heterocycles. The van der Waals surface area contributed by atoms with Crippen molar-refractivity contribution in [2.75, 3.05) is 19.6 Å². The molecule has 1 saturated carbocycles. The van der Waals surface area contributed by atoms with Crippen LogP contribution in [0.5, 0.6) is 0 Å². The predicted octanol–water partition coefficient (Wildman–Crippen LogP) is 4.06. The Kier molecular flexibility index (Phi) is 6.83. The van der Waals surface area contributed by atoms with Gasteiger partial charge in [-0.1, -0.05) is 33.1 Å². The van der Waals surface area contributed by atoms with Crippen LogP contribution in [0.2, 0.25) is 0 Å². The van der Waals surface area contributed by atoms with Gasteiger partial charge in [0.25, 0.3) is 0 Å². The van der Waals surface area contributed by atoms with Gasteiger partial charge in [-0.25, -0.2) is 0 Å². The average molecular weight is 280 g/mol. The molecule has 2 aliphatic rings. The third-order valence-electron chi connectivity index (χ3n) is 5.79. The zero-order valence-electron chi connectivity index (χ0n) is 14.0. The first-order chi connectivity index (χ1) is 9.74. The third kappa shape index (κ3) is 4.46. The molecule has 0 bridgehead atoms. The van der Waals surface area contributed by atoms with Crippen LogP contribution in [0.25, 0.3) is 0 Å². The van der Waals surface area contributed by atoms with Gasteiger partial charge in [0.2, 0.25) is 0 Å². The minimum Gasteiger partial charge on any atom is -0.314 e. The smallest absolute Gasteiger partial charge is 0.0108 e. The molecular weight excluding hydrogens is 244 g/mol. The molecule has 0 radical (unpaired) electrons. The highest BCUT2D eigenvalue weighted by Gasteiger charge is 2.31. The molecule has 0 aromatic heterocycles. The highest BCUT2D eigenvalue weighted by molar-refractivity contribution is 4.87. The van der Waals surface area contributed by atoms with E-state index in [2.05, 4.69) is 31.0 Å². The van der Waals surface area contributed by atoms with Gasteiger partial charge in [-0.15, -0.1) is 0 Å². The van der Waals surface area contributed by atoms with E-state index >= 15 is 0 Å². The van der Waals surface area contributed by atoms with Gasteiger partial charge in [-0.3, -0.25) is 0 Å². The maximum Gasteiger partial charge on any atom is 0.0108 e. The van der Waals surface area contributed by atoms with Crippen LogP contribution in [-0.4, -0.2) is 36.6 Å². The second-order valence-electron chi connectivity index (χ2n) is 7.20. The van der Waals surface area contributed by atoms with Gasteiger partial charge in [-0.2, -0.15) is 0 Å². The summed E-state index contributed by atoms with van der Waals surface area (Å²) < 4.78 is 0. The molecule has 0 aromatic carbocycles. The second-order valence-corrected chi connectivity index (χ2v) is 7.20. The highest BCUT2D eigenvalue weighted by Crippen LogP contribution is 2.33. The number of likely N-dealkylation sites (tertiary alicyclic amines) is 1. The number of nitrogens with one attached hydrogen (secondary N) is 1. The topological polar surface area (TPSA) is 15.3 Å². The molecule has 2 heteroatoms. The summed E-state index contributed by atoms with van der Waals surface area (Å²) in [6.07, 6.45) is 11.4. The molecule has 0 amide bonds. The lowest BCUT2D eigenvalue weighted by molar-refractivity contribution is 0.116. The van der Waals surface area contributed by atoms with Gasteiger partial charge in [0.05, 0.1) is 0 Å². The minimum atomic E-state index is 0.776. The van der Waals surface area contributed by atoms with Crippen LogP contribution in [0.15, 0.2) is 0 Å². The van der Waals surface area contributed by atoms with E-state index in [1.54, 1.807) is 0 Å². The number of rotatable bonds is 5. The molecular formula is C18H36N2. The lowest BCUT2D eigenvalue weighted by Crippen LogP contribution is -2.47. The molecule has 0 aromatic rings. The molecule has 2 nitrogen and oxygen atoms in total. The standard InChI is InChI=1S/C18H36N2/c1-4-16-10-11-18(19-5-2)17(13-16)14-20-12-8-6-7-9-15(20)3/h15-19H,4-14H2,1-3H3. The second kappa shape index (κ2) is 8.38. The molecule has 1 heterocycles. The van der Waals surface area contributed by atoms with Crippen molar-refractivity contribution in [2.24, 2.45) is 11.8 Å². The number of hydrogen-bond donors (Lipinski definition) is 1. The molecule has 1 aliphatic carbocycles. The van der Waals surface area contributed by atoms with Gasteiger partial charge in [0.1, 0.15) is 0 Å². The largest absolute Gasteiger partial charge is 0.314 e. The van der Waals surface area contributed by atoms with Gasteiger partial charge in [-0.05, 0) is 64.0 Å². The van der Waals surface area contributed by atoms with Gasteiger partial charge >= 0.3 is 0 Å². The fourth-order valence-electron chi connectivity index (χ4n) is 4.37. The van der Waals surface area contributed by atoms with Crippen LogP contribution < -0.4 is 5.32 Å². The molecule has 1 N–H and O–H groups in total. The van der Waals surface area contributed by atoms with Crippen molar-refractivity contribution in [1.82, 2.24) is 10.2 Å². The normalized spacial score (nSPS) is 36.8. The van der Waals surface area contributed by atoms with E-state index in [-0.39, 0.29) is 0 Å². The predicted molar refractivity (Wildman–Crippen MR) is 88.1 cm³/mol. The van der Waals surface area contributed by atoms with Crippen LogP contribution in [0.3, 0.4) is 0 Å². The number of nitrogens with zero attached hydrogens (tertiary/aromatic N) is 1. The van der Waals surface area contributed by atoms with Crippen LogP contribution in [0.1, 0.15) is 72.1 Å².